The van der Waals surface area contributed by atoms with E-state index in [-0.39, 0.29) is 29.7 Å². The zero-order chi connectivity index (χ0) is 16.0. The van der Waals surface area contributed by atoms with Gasteiger partial charge in [-0.15, -0.1) is 24.0 Å². The first kappa shape index (κ1) is 20.1. The van der Waals surface area contributed by atoms with E-state index in [2.05, 4.69) is 10.3 Å². The number of ether oxygens (including phenoxy) is 1. The normalized spacial score (nSPS) is 16.7. The van der Waals surface area contributed by atoms with Crippen LogP contribution in [0, 0.1) is 0 Å². The van der Waals surface area contributed by atoms with E-state index in [1.54, 1.807) is 7.05 Å². The van der Waals surface area contributed by atoms with Crippen LogP contribution in [0.3, 0.4) is 0 Å². The Morgan fingerprint density at radius 2 is 1.91 bits per heavy atom. The van der Waals surface area contributed by atoms with Crippen molar-refractivity contribution in [2.45, 2.75) is 12.3 Å². The van der Waals surface area contributed by atoms with Crippen LogP contribution in [0.15, 0.2) is 29.3 Å². The van der Waals surface area contributed by atoms with Crippen molar-refractivity contribution in [2.24, 2.45) is 10.7 Å². The third-order valence-electron chi connectivity index (χ3n) is 3.52. The van der Waals surface area contributed by atoms with Gasteiger partial charge in [-0.2, -0.15) is 4.31 Å². The van der Waals surface area contributed by atoms with Crippen LogP contribution in [-0.4, -0.2) is 52.0 Å². The van der Waals surface area contributed by atoms with Gasteiger partial charge >= 0.3 is 0 Å². The van der Waals surface area contributed by atoms with Crippen LogP contribution in [-0.2, 0) is 27.1 Å². The van der Waals surface area contributed by atoms with Crippen LogP contribution in [0.25, 0.3) is 0 Å². The summed E-state index contributed by atoms with van der Waals surface area (Å²) in [6.07, 6.45) is 0. The van der Waals surface area contributed by atoms with Gasteiger partial charge in [0, 0.05) is 26.7 Å². The molecule has 23 heavy (non-hydrogen) atoms. The van der Waals surface area contributed by atoms with Gasteiger partial charge in [0.25, 0.3) is 0 Å². The Labute approximate surface area is 154 Å². The highest BCUT2D eigenvalue weighted by Gasteiger charge is 2.25. The molecule has 130 valence electrons. The molecule has 1 fully saturated rings. The minimum Gasteiger partial charge on any atom is -0.379 e. The highest BCUT2D eigenvalue weighted by atomic mass is 127. The Hall–Kier alpha value is -0.910. The van der Waals surface area contributed by atoms with Crippen LogP contribution < -0.4 is 11.1 Å². The largest absolute Gasteiger partial charge is 0.379 e. The number of benzene rings is 1. The van der Waals surface area contributed by atoms with Gasteiger partial charge < -0.3 is 15.8 Å². The van der Waals surface area contributed by atoms with E-state index in [9.17, 15) is 8.42 Å². The van der Waals surface area contributed by atoms with Crippen molar-refractivity contribution in [3.63, 3.8) is 0 Å². The molecule has 0 aliphatic carbocycles. The van der Waals surface area contributed by atoms with Crippen molar-refractivity contribution in [3.05, 3.63) is 35.4 Å². The van der Waals surface area contributed by atoms with Crippen LogP contribution in [0.1, 0.15) is 11.1 Å². The molecule has 1 aliphatic rings. The van der Waals surface area contributed by atoms with Gasteiger partial charge in [-0.1, -0.05) is 24.3 Å². The van der Waals surface area contributed by atoms with E-state index in [1.807, 2.05) is 24.3 Å². The summed E-state index contributed by atoms with van der Waals surface area (Å²) in [6.45, 7) is 2.17. The molecule has 0 unspecified atom stereocenters. The molecule has 0 spiro atoms. The maximum atomic E-state index is 12.5. The first-order valence-electron chi connectivity index (χ1n) is 7.11. The smallest absolute Gasteiger partial charge is 0.218 e. The Kier molecular flexibility index (Phi) is 8.23. The molecule has 7 nitrogen and oxygen atoms in total. The Balaban J connectivity index is 0.00000264. The highest BCUT2D eigenvalue weighted by molar-refractivity contribution is 14.0. The summed E-state index contributed by atoms with van der Waals surface area (Å²) in [7, 11) is -1.74. The molecule has 0 bridgehead atoms. The molecule has 0 atom stereocenters. The second-order valence-corrected chi connectivity index (χ2v) is 6.97. The molecule has 0 aromatic heterocycles. The minimum atomic E-state index is -3.34. The summed E-state index contributed by atoms with van der Waals surface area (Å²) in [5.74, 6) is 0.305. The topological polar surface area (TPSA) is 97.0 Å². The van der Waals surface area contributed by atoms with Gasteiger partial charge in [-0.3, -0.25) is 4.99 Å². The summed E-state index contributed by atoms with van der Waals surface area (Å²) in [4.78, 5) is 3.82. The molecular weight excluding hydrogens is 431 g/mol. The highest BCUT2D eigenvalue weighted by Crippen LogP contribution is 2.16. The number of hydrogen-bond donors (Lipinski definition) is 2. The van der Waals surface area contributed by atoms with E-state index in [4.69, 9.17) is 10.5 Å². The number of nitrogens with zero attached hydrogens (tertiary/aromatic N) is 2. The van der Waals surface area contributed by atoms with Crippen LogP contribution in [0.2, 0.25) is 0 Å². The van der Waals surface area contributed by atoms with E-state index < -0.39 is 10.0 Å². The third kappa shape index (κ3) is 5.90. The summed E-state index contributed by atoms with van der Waals surface area (Å²) in [6, 6.07) is 7.43. The molecule has 1 saturated heterocycles. The van der Waals surface area contributed by atoms with Crippen molar-refractivity contribution in [3.8, 4) is 0 Å². The molecule has 0 radical (unpaired) electrons. The fourth-order valence-corrected chi connectivity index (χ4v) is 3.81. The molecule has 1 aromatic carbocycles. The summed E-state index contributed by atoms with van der Waals surface area (Å²) in [5.41, 5.74) is 7.28. The number of nitrogens with two attached hydrogens (primary N) is 1. The predicted octanol–water partition coefficient (Wildman–Crippen LogP) is 0.501. The second kappa shape index (κ2) is 9.40. The lowest BCUT2D eigenvalue weighted by Gasteiger charge is -2.26. The average Bonchev–Trinajstić information content (AvgIpc) is 2.54. The lowest BCUT2D eigenvalue weighted by molar-refractivity contribution is 0.0729. The van der Waals surface area contributed by atoms with Crippen molar-refractivity contribution in [1.29, 1.82) is 0 Å². The van der Waals surface area contributed by atoms with E-state index in [0.29, 0.717) is 38.8 Å². The standard InChI is InChI=1S/C14H22N4O3S.HI/c1-16-14(15)17-10-12-4-2-3-5-13(12)11-22(19,20)18-6-8-21-9-7-18;/h2-5H,6-11H2,1H3,(H3,15,16,17);1H. The predicted molar refractivity (Wildman–Crippen MR) is 101 cm³/mol. The number of aliphatic imine (C=N–C) groups is 1. The number of hydrogen-bond acceptors (Lipinski definition) is 4. The molecule has 1 heterocycles. The third-order valence-corrected chi connectivity index (χ3v) is 5.35. The maximum absolute atomic E-state index is 12.5. The lowest BCUT2D eigenvalue weighted by Crippen LogP contribution is -2.41. The van der Waals surface area contributed by atoms with Crippen LogP contribution in [0.5, 0.6) is 0 Å². The fraction of sp³-hybridized carbons (Fsp3) is 0.500. The average molecular weight is 454 g/mol. The number of rotatable bonds is 5. The monoisotopic (exact) mass is 454 g/mol. The summed E-state index contributed by atoms with van der Waals surface area (Å²) >= 11 is 0. The number of sulfonamides is 1. The van der Waals surface area contributed by atoms with Gasteiger partial charge in [0.15, 0.2) is 5.96 Å². The van der Waals surface area contributed by atoms with Crippen LogP contribution >= 0.6 is 24.0 Å². The molecule has 1 aliphatic heterocycles. The zero-order valence-electron chi connectivity index (χ0n) is 13.1. The summed E-state index contributed by atoms with van der Waals surface area (Å²) < 4.78 is 31.7. The SMILES string of the molecule is CN=C(N)NCc1ccccc1CS(=O)(=O)N1CCOCC1.I. The number of halogens is 1. The van der Waals surface area contributed by atoms with Gasteiger partial charge in [0.2, 0.25) is 10.0 Å². The molecule has 0 amide bonds. The maximum Gasteiger partial charge on any atom is 0.218 e. The number of morpholine rings is 1. The first-order valence-corrected chi connectivity index (χ1v) is 8.72. The molecular formula is C14H23IN4O3S. The van der Waals surface area contributed by atoms with Gasteiger partial charge in [-0.25, -0.2) is 8.42 Å². The quantitative estimate of drug-likeness (QED) is 0.384. The molecule has 3 N–H and O–H groups in total. The van der Waals surface area contributed by atoms with Gasteiger partial charge in [0.1, 0.15) is 0 Å². The molecule has 1 aromatic rings. The van der Waals surface area contributed by atoms with Crippen molar-refractivity contribution < 1.29 is 13.2 Å². The van der Waals surface area contributed by atoms with E-state index >= 15 is 0 Å². The second-order valence-electron chi connectivity index (χ2n) is 5.00. The Morgan fingerprint density at radius 1 is 1.30 bits per heavy atom. The van der Waals surface area contributed by atoms with E-state index in [0.717, 1.165) is 11.1 Å². The van der Waals surface area contributed by atoms with Crippen molar-refractivity contribution in [2.75, 3.05) is 33.4 Å². The zero-order valence-corrected chi connectivity index (χ0v) is 16.2. The fourth-order valence-electron chi connectivity index (χ4n) is 2.25. The molecule has 0 saturated carbocycles. The Bertz CT molecular complexity index is 631. The van der Waals surface area contributed by atoms with Gasteiger partial charge in [-0.05, 0) is 11.1 Å². The van der Waals surface area contributed by atoms with Crippen molar-refractivity contribution >= 4 is 40.0 Å². The molecule has 2 rings (SSSR count). The van der Waals surface area contributed by atoms with E-state index in [1.165, 1.54) is 4.31 Å². The number of nitrogens with one attached hydrogen (secondary N) is 1. The minimum absolute atomic E-state index is 0. The first-order chi connectivity index (χ1) is 10.5. The molecule has 9 heteroatoms. The van der Waals surface area contributed by atoms with Crippen molar-refractivity contribution in [1.82, 2.24) is 9.62 Å². The lowest BCUT2D eigenvalue weighted by atomic mass is 10.1. The van der Waals surface area contributed by atoms with Gasteiger partial charge in [0.05, 0.1) is 19.0 Å². The number of guanidine groups is 1. The summed E-state index contributed by atoms with van der Waals surface area (Å²) in [5, 5.41) is 2.95. The van der Waals surface area contributed by atoms with Crippen LogP contribution in [0.4, 0.5) is 0 Å². The Morgan fingerprint density at radius 3 is 2.52 bits per heavy atom.